The van der Waals surface area contributed by atoms with Gasteiger partial charge < -0.3 is 10.1 Å². The SMILES string of the molecule is COc1ccc(Br)c(NCc2ncc(Cl)s2)c1. The van der Waals surface area contributed by atoms with E-state index in [1.165, 1.54) is 11.3 Å². The highest BCUT2D eigenvalue weighted by atomic mass is 79.9. The average molecular weight is 334 g/mol. The van der Waals surface area contributed by atoms with Crippen LogP contribution in [0, 0.1) is 0 Å². The van der Waals surface area contributed by atoms with Gasteiger partial charge in [-0.05, 0) is 28.1 Å². The van der Waals surface area contributed by atoms with Crippen molar-refractivity contribution in [3.05, 3.63) is 38.2 Å². The van der Waals surface area contributed by atoms with E-state index in [0.717, 1.165) is 20.9 Å². The molecule has 1 aromatic heterocycles. The molecule has 1 aromatic carbocycles. The standard InChI is InChI=1S/C11H10BrClN2OS/c1-16-7-2-3-8(12)9(4-7)14-6-11-15-5-10(13)17-11/h2-5,14H,6H2,1H3. The third kappa shape index (κ3) is 3.34. The fourth-order valence-electron chi connectivity index (χ4n) is 1.31. The van der Waals surface area contributed by atoms with Crippen LogP contribution >= 0.6 is 38.9 Å². The van der Waals surface area contributed by atoms with Crippen LogP contribution in [0.15, 0.2) is 28.9 Å². The molecule has 0 saturated heterocycles. The van der Waals surface area contributed by atoms with E-state index >= 15 is 0 Å². The first-order chi connectivity index (χ1) is 8.19. The Bertz CT molecular complexity index is 518. The molecule has 3 nitrogen and oxygen atoms in total. The fourth-order valence-corrected chi connectivity index (χ4v) is 2.59. The van der Waals surface area contributed by atoms with Crippen molar-refractivity contribution in [1.29, 1.82) is 0 Å². The predicted octanol–water partition coefficient (Wildman–Crippen LogP) is 4.18. The number of anilines is 1. The molecule has 0 fully saturated rings. The van der Waals surface area contributed by atoms with Crippen LogP contribution in [0.3, 0.4) is 0 Å². The molecule has 6 heteroatoms. The monoisotopic (exact) mass is 332 g/mol. The third-order valence-electron chi connectivity index (χ3n) is 2.13. The van der Waals surface area contributed by atoms with Gasteiger partial charge >= 0.3 is 0 Å². The maximum absolute atomic E-state index is 5.82. The van der Waals surface area contributed by atoms with Crippen molar-refractivity contribution in [2.45, 2.75) is 6.54 Å². The normalized spacial score (nSPS) is 10.3. The molecule has 0 aliphatic rings. The molecule has 17 heavy (non-hydrogen) atoms. The largest absolute Gasteiger partial charge is 0.497 e. The lowest BCUT2D eigenvalue weighted by Crippen LogP contribution is -1.99. The topological polar surface area (TPSA) is 34.1 Å². The second-order valence-corrected chi connectivity index (χ2v) is 5.86. The first-order valence-corrected chi connectivity index (χ1v) is 6.85. The number of halogens is 2. The van der Waals surface area contributed by atoms with Gasteiger partial charge in [0.05, 0.1) is 25.5 Å². The zero-order chi connectivity index (χ0) is 12.3. The van der Waals surface area contributed by atoms with Gasteiger partial charge in [0.1, 0.15) is 15.1 Å². The van der Waals surface area contributed by atoms with E-state index in [4.69, 9.17) is 16.3 Å². The fraction of sp³-hybridized carbons (Fsp3) is 0.182. The van der Waals surface area contributed by atoms with Gasteiger partial charge in [-0.1, -0.05) is 11.6 Å². The van der Waals surface area contributed by atoms with Crippen molar-refractivity contribution in [1.82, 2.24) is 4.98 Å². The van der Waals surface area contributed by atoms with E-state index in [2.05, 4.69) is 26.2 Å². The summed E-state index contributed by atoms with van der Waals surface area (Å²) in [5.41, 5.74) is 0.968. The Hall–Kier alpha value is -0.780. The van der Waals surface area contributed by atoms with Gasteiger partial charge in [-0.25, -0.2) is 4.98 Å². The van der Waals surface area contributed by atoms with Crippen molar-refractivity contribution >= 4 is 44.6 Å². The maximum Gasteiger partial charge on any atom is 0.121 e. The predicted molar refractivity (Wildman–Crippen MR) is 75.1 cm³/mol. The number of rotatable bonds is 4. The number of nitrogens with one attached hydrogen (secondary N) is 1. The molecule has 1 N–H and O–H groups in total. The van der Waals surface area contributed by atoms with Gasteiger partial charge in [-0.3, -0.25) is 0 Å². The third-order valence-corrected chi connectivity index (χ3v) is 3.94. The van der Waals surface area contributed by atoms with Crippen LogP contribution in [0.1, 0.15) is 5.01 Å². The highest BCUT2D eigenvalue weighted by Crippen LogP contribution is 2.28. The van der Waals surface area contributed by atoms with Crippen molar-refractivity contribution in [2.24, 2.45) is 0 Å². The summed E-state index contributed by atoms with van der Waals surface area (Å²) in [5.74, 6) is 0.813. The van der Waals surface area contributed by atoms with Crippen molar-refractivity contribution < 1.29 is 4.74 Å². The van der Waals surface area contributed by atoms with Gasteiger partial charge in [-0.2, -0.15) is 0 Å². The molecule has 0 spiro atoms. The second-order valence-electron chi connectivity index (χ2n) is 3.26. The summed E-state index contributed by atoms with van der Waals surface area (Å²) in [5, 5.41) is 4.23. The van der Waals surface area contributed by atoms with Crippen LogP contribution in [0.2, 0.25) is 4.34 Å². The van der Waals surface area contributed by atoms with Crippen LogP contribution in [0.4, 0.5) is 5.69 Å². The number of thiazole rings is 1. The molecule has 0 atom stereocenters. The lowest BCUT2D eigenvalue weighted by atomic mass is 10.3. The molecule has 0 aliphatic heterocycles. The van der Waals surface area contributed by atoms with Crippen LogP contribution in [0.25, 0.3) is 0 Å². The summed E-state index contributed by atoms with van der Waals surface area (Å²) in [4.78, 5) is 4.18. The highest BCUT2D eigenvalue weighted by molar-refractivity contribution is 9.10. The number of nitrogens with zero attached hydrogens (tertiary/aromatic N) is 1. The molecule has 1 heterocycles. The molecule has 0 amide bonds. The number of benzene rings is 1. The molecule has 90 valence electrons. The zero-order valence-electron chi connectivity index (χ0n) is 9.04. The number of ether oxygens (including phenoxy) is 1. The number of methoxy groups -OCH3 is 1. The van der Waals surface area contributed by atoms with Crippen molar-refractivity contribution in [3.8, 4) is 5.75 Å². The number of aromatic nitrogens is 1. The maximum atomic E-state index is 5.82. The Morgan fingerprint density at radius 2 is 2.35 bits per heavy atom. The minimum atomic E-state index is 0.642. The molecular weight excluding hydrogens is 324 g/mol. The minimum Gasteiger partial charge on any atom is -0.497 e. The molecule has 2 rings (SSSR count). The Morgan fingerprint density at radius 3 is 3.00 bits per heavy atom. The Morgan fingerprint density at radius 1 is 1.53 bits per heavy atom. The van der Waals surface area contributed by atoms with Crippen molar-refractivity contribution in [2.75, 3.05) is 12.4 Å². The highest BCUT2D eigenvalue weighted by Gasteiger charge is 2.04. The summed E-state index contributed by atoms with van der Waals surface area (Å²) in [7, 11) is 1.65. The molecule has 0 radical (unpaired) electrons. The lowest BCUT2D eigenvalue weighted by molar-refractivity contribution is 0.415. The van der Waals surface area contributed by atoms with E-state index in [1.807, 2.05) is 18.2 Å². The van der Waals surface area contributed by atoms with E-state index in [-0.39, 0.29) is 0 Å². The Balaban J connectivity index is 2.07. The van der Waals surface area contributed by atoms with E-state index in [0.29, 0.717) is 10.9 Å². The first-order valence-electron chi connectivity index (χ1n) is 4.86. The van der Waals surface area contributed by atoms with E-state index in [9.17, 15) is 0 Å². The summed E-state index contributed by atoms with van der Waals surface area (Å²) in [6.07, 6.45) is 1.66. The summed E-state index contributed by atoms with van der Waals surface area (Å²) >= 11 is 10.8. The Labute approximate surface area is 117 Å². The smallest absolute Gasteiger partial charge is 0.121 e. The van der Waals surface area contributed by atoms with Gasteiger partial charge in [-0.15, -0.1) is 11.3 Å². The zero-order valence-corrected chi connectivity index (χ0v) is 12.2. The van der Waals surface area contributed by atoms with Crippen LogP contribution in [-0.2, 0) is 6.54 Å². The quantitative estimate of drug-likeness (QED) is 0.911. The number of hydrogen-bond acceptors (Lipinski definition) is 4. The molecule has 0 saturated carbocycles. The van der Waals surface area contributed by atoms with Gasteiger partial charge in [0.25, 0.3) is 0 Å². The molecule has 0 bridgehead atoms. The summed E-state index contributed by atoms with van der Waals surface area (Å²) in [6, 6.07) is 5.77. The van der Waals surface area contributed by atoms with Gasteiger partial charge in [0.15, 0.2) is 0 Å². The Kier molecular flexibility index (Phi) is 4.25. The van der Waals surface area contributed by atoms with Crippen LogP contribution in [-0.4, -0.2) is 12.1 Å². The van der Waals surface area contributed by atoms with Crippen molar-refractivity contribution in [3.63, 3.8) is 0 Å². The molecule has 0 aliphatic carbocycles. The molecule has 0 unspecified atom stereocenters. The van der Waals surface area contributed by atoms with Gasteiger partial charge in [0, 0.05) is 10.5 Å². The van der Waals surface area contributed by atoms with E-state index in [1.54, 1.807) is 13.3 Å². The van der Waals surface area contributed by atoms with Gasteiger partial charge in [0.2, 0.25) is 0 Å². The van der Waals surface area contributed by atoms with Crippen LogP contribution < -0.4 is 10.1 Å². The van der Waals surface area contributed by atoms with Crippen LogP contribution in [0.5, 0.6) is 5.75 Å². The molecular formula is C11H10BrClN2OS. The average Bonchev–Trinajstić information content (AvgIpc) is 2.74. The minimum absolute atomic E-state index is 0.642. The first kappa shape index (κ1) is 12.7. The van der Waals surface area contributed by atoms with E-state index < -0.39 is 0 Å². The second kappa shape index (κ2) is 5.71. The lowest BCUT2D eigenvalue weighted by Gasteiger charge is -2.08. The molecule has 2 aromatic rings. The number of hydrogen-bond donors (Lipinski definition) is 1. The summed E-state index contributed by atoms with van der Waals surface area (Å²) in [6.45, 7) is 0.642. The summed E-state index contributed by atoms with van der Waals surface area (Å²) < 4.78 is 6.86.